The first kappa shape index (κ1) is 21.8. The minimum atomic E-state index is -5.02. The Bertz CT molecular complexity index is 964. The number of benzene rings is 1. The lowest BCUT2D eigenvalue weighted by atomic mass is 9.74. The summed E-state index contributed by atoms with van der Waals surface area (Å²) in [6, 6.07) is 7.78. The zero-order chi connectivity index (χ0) is 22.6. The second-order valence-electron chi connectivity index (χ2n) is 9.13. The third-order valence-electron chi connectivity index (χ3n) is 6.81. The highest BCUT2D eigenvalue weighted by atomic mass is 19.4. The molecule has 2 aliphatic rings. The molecule has 2 aromatic rings. The molecule has 1 saturated heterocycles. The Kier molecular flexibility index (Phi) is 5.15. The van der Waals surface area contributed by atoms with Crippen LogP contribution in [-0.4, -0.2) is 51.0 Å². The molecule has 2 fully saturated rings. The lowest BCUT2D eigenvalue weighted by Gasteiger charge is -2.42. The highest BCUT2D eigenvalue weighted by molar-refractivity contribution is 5.85. The van der Waals surface area contributed by atoms with Gasteiger partial charge in [0.15, 0.2) is 0 Å². The number of piperidine rings is 1. The van der Waals surface area contributed by atoms with E-state index < -0.39 is 17.7 Å². The molecular weight excluding hydrogens is 411 g/mol. The fourth-order valence-corrected chi connectivity index (χ4v) is 4.70. The van der Waals surface area contributed by atoms with Crippen LogP contribution in [0.4, 0.5) is 13.2 Å². The molecule has 1 N–H and O–H groups in total. The summed E-state index contributed by atoms with van der Waals surface area (Å²) < 4.78 is 45.2. The number of hydrogen-bond acceptors (Lipinski definition) is 5. The van der Waals surface area contributed by atoms with Gasteiger partial charge in [0.2, 0.25) is 17.4 Å². The number of rotatable bonds is 4. The number of aryl methyl sites for hydroxylation is 1. The van der Waals surface area contributed by atoms with Crippen LogP contribution in [0.25, 0.3) is 11.5 Å². The monoisotopic (exact) mass is 437 g/mol. The quantitative estimate of drug-likeness (QED) is 0.786. The van der Waals surface area contributed by atoms with Gasteiger partial charge in [-0.15, -0.1) is 10.2 Å². The topological polar surface area (TPSA) is 79.5 Å². The Hall–Kier alpha value is -2.42. The smallest absolute Gasteiger partial charge is 0.420 e. The molecule has 0 unspecified atom stereocenters. The number of aliphatic hydroxyl groups is 1. The van der Waals surface area contributed by atoms with E-state index in [9.17, 15) is 23.1 Å². The van der Waals surface area contributed by atoms with Crippen LogP contribution in [0.15, 0.2) is 28.7 Å². The summed E-state index contributed by atoms with van der Waals surface area (Å²) in [6.07, 6.45) is -2.77. The van der Waals surface area contributed by atoms with Crippen molar-refractivity contribution in [3.05, 3.63) is 35.7 Å². The van der Waals surface area contributed by atoms with Gasteiger partial charge >= 0.3 is 6.18 Å². The van der Waals surface area contributed by atoms with Gasteiger partial charge < -0.3 is 14.4 Å². The maximum absolute atomic E-state index is 13.1. The molecule has 31 heavy (non-hydrogen) atoms. The van der Waals surface area contributed by atoms with Crippen LogP contribution in [0, 0.1) is 18.8 Å². The van der Waals surface area contributed by atoms with Crippen molar-refractivity contribution in [3.63, 3.8) is 0 Å². The van der Waals surface area contributed by atoms with E-state index in [4.69, 9.17) is 4.42 Å². The number of likely N-dealkylation sites (tertiary alicyclic amines) is 1. The first-order valence-corrected chi connectivity index (χ1v) is 10.5. The third-order valence-corrected chi connectivity index (χ3v) is 6.81. The molecular formula is C22H26F3N3O3. The average Bonchev–Trinajstić information content (AvgIpc) is 3.35. The van der Waals surface area contributed by atoms with Gasteiger partial charge in [-0.3, -0.25) is 4.79 Å². The third kappa shape index (κ3) is 3.73. The van der Waals surface area contributed by atoms with E-state index >= 15 is 0 Å². The van der Waals surface area contributed by atoms with Crippen molar-refractivity contribution in [1.82, 2.24) is 15.1 Å². The van der Waals surface area contributed by atoms with Gasteiger partial charge in [0.1, 0.15) is 0 Å². The van der Waals surface area contributed by atoms with E-state index in [1.807, 2.05) is 38.1 Å². The molecule has 0 spiro atoms. The lowest BCUT2D eigenvalue weighted by Crippen LogP contribution is -2.58. The van der Waals surface area contributed by atoms with Crippen LogP contribution < -0.4 is 0 Å². The second-order valence-corrected chi connectivity index (χ2v) is 9.13. The van der Waals surface area contributed by atoms with E-state index in [1.165, 1.54) is 0 Å². The van der Waals surface area contributed by atoms with Gasteiger partial charge in [0, 0.05) is 18.7 Å². The van der Waals surface area contributed by atoms with Gasteiger partial charge in [0.25, 0.3) is 5.91 Å². The summed E-state index contributed by atoms with van der Waals surface area (Å²) in [5.74, 6) is -0.253. The number of carbonyl (C=O) groups is 1. The maximum Gasteiger partial charge on any atom is 0.426 e. The summed E-state index contributed by atoms with van der Waals surface area (Å²) in [5.41, 5.74) is -1.71. The molecule has 0 bridgehead atoms. The Morgan fingerprint density at radius 1 is 1.23 bits per heavy atom. The number of carbonyl (C=O) groups excluding carboxylic acids is 1. The standard InChI is InChI=1S/C22H26F3N3O3/c1-13-4-6-15(7-5-13)17-26-27-18(31-17)21(9-10-21)16-8-11-28(12-14(16)2)19(29)20(3,30)22(23,24)25/h4-7,14,16,30H,8-12H2,1-3H3/t14-,16+,20-/m1/s1. The molecule has 1 aromatic heterocycles. The van der Waals surface area contributed by atoms with Crippen LogP contribution >= 0.6 is 0 Å². The van der Waals surface area contributed by atoms with Crippen molar-refractivity contribution < 1.29 is 27.5 Å². The summed E-state index contributed by atoms with van der Waals surface area (Å²) in [7, 11) is 0. The predicted molar refractivity (Wildman–Crippen MR) is 106 cm³/mol. The number of hydrogen-bond donors (Lipinski definition) is 1. The van der Waals surface area contributed by atoms with E-state index in [2.05, 4.69) is 10.2 Å². The van der Waals surface area contributed by atoms with Crippen molar-refractivity contribution >= 4 is 5.91 Å². The molecule has 2 heterocycles. The number of alkyl halides is 3. The Balaban J connectivity index is 1.49. The first-order valence-electron chi connectivity index (χ1n) is 10.5. The molecule has 4 rings (SSSR count). The van der Waals surface area contributed by atoms with E-state index in [0.717, 1.165) is 28.9 Å². The number of nitrogens with zero attached hydrogens (tertiary/aromatic N) is 3. The van der Waals surface area contributed by atoms with Crippen molar-refractivity contribution in [1.29, 1.82) is 0 Å². The van der Waals surface area contributed by atoms with Crippen LogP contribution in [0.3, 0.4) is 0 Å². The van der Waals surface area contributed by atoms with Gasteiger partial charge in [-0.1, -0.05) is 24.6 Å². The zero-order valence-electron chi connectivity index (χ0n) is 17.7. The van der Waals surface area contributed by atoms with E-state index in [0.29, 0.717) is 25.1 Å². The van der Waals surface area contributed by atoms with Crippen LogP contribution in [0.5, 0.6) is 0 Å². The molecule has 6 nitrogen and oxygen atoms in total. The van der Waals surface area contributed by atoms with Crippen LogP contribution in [0.1, 0.15) is 44.6 Å². The fourth-order valence-electron chi connectivity index (χ4n) is 4.70. The van der Waals surface area contributed by atoms with Crippen molar-refractivity contribution in [3.8, 4) is 11.5 Å². The molecule has 1 aromatic carbocycles. The van der Waals surface area contributed by atoms with Gasteiger partial charge in [-0.05, 0) is 57.1 Å². The Morgan fingerprint density at radius 3 is 2.42 bits per heavy atom. The largest absolute Gasteiger partial charge is 0.426 e. The fraction of sp³-hybridized carbons (Fsp3) is 0.591. The average molecular weight is 437 g/mol. The van der Waals surface area contributed by atoms with Gasteiger partial charge in [-0.2, -0.15) is 13.2 Å². The number of halogens is 3. The first-order chi connectivity index (χ1) is 14.5. The molecule has 0 radical (unpaired) electrons. The van der Waals surface area contributed by atoms with Crippen molar-refractivity contribution in [2.45, 2.75) is 57.2 Å². The molecule has 1 amide bonds. The number of aromatic nitrogens is 2. The lowest BCUT2D eigenvalue weighted by molar-refractivity contribution is -0.251. The zero-order valence-corrected chi connectivity index (χ0v) is 17.7. The molecule has 1 aliphatic carbocycles. The van der Waals surface area contributed by atoms with E-state index in [1.54, 1.807) is 0 Å². The highest BCUT2D eigenvalue weighted by Crippen LogP contribution is 2.58. The summed E-state index contributed by atoms with van der Waals surface area (Å²) in [5, 5.41) is 18.3. The summed E-state index contributed by atoms with van der Waals surface area (Å²) >= 11 is 0. The summed E-state index contributed by atoms with van der Waals surface area (Å²) in [6.45, 7) is 4.73. The summed E-state index contributed by atoms with van der Waals surface area (Å²) in [4.78, 5) is 13.5. The maximum atomic E-state index is 13.1. The molecule has 3 atom stereocenters. The Labute approximate surface area is 178 Å². The van der Waals surface area contributed by atoms with E-state index in [-0.39, 0.29) is 30.3 Å². The molecule has 9 heteroatoms. The number of amides is 1. The molecule has 168 valence electrons. The minimum Gasteiger partial charge on any atom is -0.420 e. The highest BCUT2D eigenvalue weighted by Gasteiger charge is 2.60. The van der Waals surface area contributed by atoms with Crippen LogP contribution in [0.2, 0.25) is 0 Å². The normalized spacial score (nSPS) is 25.2. The van der Waals surface area contributed by atoms with Crippen LogP contribution in [-0.2, 0) is 10.2 Å². The SMILES string of the molecule is Cc1ccc(-c2nnc(C3([C@H]4CCN(C(=O)[C@@](C)(O)C(F)(F)F)C[C@H]4C)CC3)o2)cc1. The minimum absolute atomic E-state index is 0.0704. The molecule has 1 saturated carbocycles. The molecule has 1 aliphatic heterocycles. The van der Waals surface area contributed by atoms with Crippen molar-refractivity contribution in [2.24, 2.45) is 11.8 Å². The predicted octanol–water partition coefficient (Wildman–Crippen LogP) is 3.87. The second kappa shape index (κ2) is 7.32. The van der Waals surface area contributed by atoms with Gasteiger partial charge in [-0.25, -0.2) is 0 Å². The Morgan fingerprint density at radius 2 is 1.87 bits per heavy atom. The van der Waals surface area contributed by atoms with Crippen molar-refractivity contribution in [2.75, 3.05) is 13.1 Å². The van der Waals surface area contributed by atoms with Gasteiger partial charge in [0.05, 0.1) is 5.41 Å².